The van der Waals surface area contributed by atoms with Gasteiger partial charge in [-0.25, -0.2) is 0 Å². The SMILES string of the molecule is CCCn1cnnc1-c1ccc(N)c(OC)c1. The van der Waals surface area contributed by atoms with E-state index in [4.69, 9.17) is 10.5 Å². The summed E-state index contributed by atoms with van der Waals surface area (Å²) < 4.78 is 7.22. The van der Waals surface area contributed by atoms with Crippen LogP contribution in [0, 0.1) is 0 Å². The molecule has 0 fully saturated rings. The third-order valence-electron chi connectivity index (χ3n) is 2.57. The van der Waals surface area contributed by atoms with Gasteiger partial charge in [-0.2, -0.15) is 0 Å². The molecule has 0 radical (unpaired) electrons. The Hall–Kier alpha value is -2.04. The number of benzene rings is 1. The van der Waals surface area contributed by atoms with Crippen molar-refractivity contribution in [3.63, 3.8) is 0 Å². The van der Waals surface area contributed by atoms with Gasteiger partial charge >= 0.3 is 0 Å². The zero-order chi connectivity index (χ0) is 12.3. The van der Waals surface area contributed by atoms with Crippen molar-refractivity contribution in [2.45, 2.75) is 19.9 Å². The summed E-state index contributed by atoms with van der Waals surface area (Å²) in [5.74, 6) is 1.50. The third kappa shape index (κ3) is 2.22. The van der Waals surface area contributed by atoms with Gasteiger partial charge in [0.2, 0.25) is 0 Å². The summed E-state index contributed by atoms with van der Waals surface area (Å²) in [4.78, 5) is 0. The van der Waals surface area contributed by atoms with Gasteiger partial charge in [0, 0.05) is 12.1 Å². The van der Waals surface area contributed by atoms with E-state index in [9.17, 15) is 0 Å². The van der Waals surface area contributed by atoms with Crippen LogP contribution in [0.15, 0.2) is 24.5 Å². The maximum absolute atomic E-state index is 5.78. The van der Waals surface area contributed by atoms with Crippen LogP contribution >= 0.6 is 0 Å². The quantitative estimate of drug-likeness (QED) is 0.818. The minimum absolute atomic E-state index is 0.623. The van der Waals surface area contributed by atoms with Crippen LogP contribution in [0.25, 0.3) is 11.4 Å². The lowest BCUT2D eigenvalue weighted by molar-refractivity contribution is 0.417. The van der Waals surface area contributed by atoms with Crippen LogP contribution < -0.4 is 10.5 Å². The van der Waals surface area contributed by atoms with Gasteiger partial charge in [0.1, 0.15) is 12.1 Å². The number of nitrogens with zero attached hydrogens (tertiary/aromatic N) is 3. The molecule has 0 saturated carbocycles. The van der Waals surface area contributed by atoms with Crippen LogP contribution in [-0.2, 0) is 6.54 Å². The molecule has 2 rings (SSSR count). The van der Waals surface area contributed by atoms with Crippen molar-refractivity contribution in [2.75, 3.05) is 12.8 Å². The number of hydrogen-bond donors (Lipinski definition) is 1. The lowest BCUT2D eigenvalue weighted by Gasteiger charge is -2.08. The molecule has 1 aromatic heterocycles. The molecule has 2 aromatic rings. The fraction of sp³-hybridized carbons (Fsp3) is 0.333. The molecular weight excluding hydrogens is 216 g/mol. The molecule has 0 aliphatic carbocycles. The third-order valence-corrected chi connectivity index (χ3v) is 2.57. The number of nitrogens with two attached hydrogens (primary N) is 1. The van der Waals surface area contributed by atoms with E-state index >= 15 is 0 Å². The van der Waals surface area contributed by atoms with E-state index in [1.807, 2.05) is 22.8 Å². The van der Waals surface area contributed by atoms with E-state index in [-0.39, 0.29) is 0 Å². The predicted molar refractivity (Wildman–Crippen MR) is 66.7 cm³/mol. The molecule has 0 unspecified atom stereocenters. The molecule has 1 aromatic carbocycles. The molecule has 0 saturated heterocycles. The van der Waals surface area contributed by atoms with Crippen LogP contribution in [0.4, 0.5) is 5.69 Å². The molecular formula is C12H16N4O. The number of aromatic nitrogens is 3. The Morgan fingerprint density at radius 3 is 2.94 bits per heavy atom. The maximum atomic E-state index is 5.78. The summed E-state index contributed by atoms with van der Waals surface area (Å²) in [6.45, 7) is 3.02. The Balaban J connectivity index is 2.42. The summed E-state index contributed by atoms with van der Waals surface area (Å²) in [6, 6.07) is 5.62. The smallest absolute Gasteiger partial charge is 0.163 e. The van der Waals surface area contributed by atoms with Crippen LogP contribution in [0.5, 0.6) is 5.75 Å². The van der Waals surface area contributed by atoms with E-state index in [1.54, 1.807) is 13.4 Å². The molecule has 17 heavy (non-hydrogen) atoms. The molecule has 1 heterocycles. The largest absolute Gasteiger partial charge is 0.495 e. The summed E-state index contributed by atoms with van der Waals surface area (Å²) in [5.41, 5.74) is 7.37. The van der Waals surface area contributed by atoms with Gasteiger partial charge in [0.15, 0.2) is 5.82 Å². The minimum atomic E-state index is 0.623. The standard InChI is InChI=1S/C12H16N4O/c1-3-6-16-8-14-15-12(16)9-4-5-10(13)11(7-9)17-2/h4-5,7-8H,3,6,13H2,1-2H3. The van der Waals surface area contributed by atoms with Crippen LogP contribution in [0.2, 0.25) is 0 Å². The van der Waals surface area contributed by atoms with Crippen molar-refractivity contribution >= 4 is 5.69 Å². The van der Waals surface area contributed by atoms with Crippen LogP contribution in [-0.4, -0.2) is 21.9 Å². The maximum Gasteiger partial charge on any atom is 0.163 e. The highest BCUT2D eigenvalue weighted by molar-refractivity contribution is 5.65. The second kappa shape index (κ2) is 4.86. The van der Waals surface area contributed by atoms with Crippen LogP contribution in [0.1, 0.15) is 13.3 Å². The molecule has 0 aliphatic heterocycles. The number of aryl methyl sites for hydroxylation is 1. The summed E-state index contributed by atoms with van der Waals surface area (Å²) in [5, 5.41) is 8.06. The van der Waals surface area contributed by atoms with Crippen molar-refractivity contribution in [1.82, 2.24) is 14.8 Å². The van der Waals surface area contributed by atoms with Crippen molar-refractivity contribution in [2.24, 2.45) is 0 Å². The fourth-order valence-corrected chi connectivity index (χ4v) is 1.73. The Kier molecular flexibility index (Phi) is 3.27. The summed E-state index contributed by atoms with van der Waals surface area (Å²) in [7, 11) is 1.60. The van der Waals surface area contributed by atoms with Crippen LogP contribution in [0.3, 0.4) is 0 Å². The number of nitrogen functional groups attached to an aromatic ring is 1. The molecule has 0 atom stereocenters. The number of hydrogen-bond acceptors (Lipinski definition) is 4. The van der Waals surface area contributed by atoms with Gasteiger partial charge in [-0.1, -0.05) is 6.92 Å². The molecule has 5 heteroatoms. The van der Waals surface area contributed by atoms with Crippen molar-refractivity contribution in [3.05, 3.63) is 24.5 Å². The second-order valence-corrected chi connectivity index (χ2v) is 3.80. The number of ether oxygens (including phenoxy) is 1. The first-order chi connectivity index (χ1) is 8.26. The Labute approximate surface area is 100 Å². The van der Waals surface area contributed by atoms with Gasteiger partial charge in [0.05, 0.1) is 12.8 Å². The Morgan fingerprint density at radius 1 is 1.41 bits per heavy atom. The van der Waals surface area contributed by atoms with Gasteiger partial charge in [-0.3, -0.25) is 0 Å². The van der Waals surface area contributed by atoms with E-state index in [0.29, 0.717) is 11.4 Å². The highest BCUT2D eigenvalue weighted by Gasteiger charge is 2.09. The average Bonchev–Trinajstić information content (AvgIpc) is 2.78. The normalized spacial score (nSPS) is 10.5. The minimum Gasteiger partial charge on any atom is -0.495 e. The van der Waals surface area contributed by atoms with Gasteiger partial charge in [0.25, 0.3) is 0 Å². The number of methoxy groups -OCH3 is 1. The molecule has 5 nitrogen and oxygen atoms in total. The van der Waals surface area contributed by atoms with E-state index in [2.05, 4.69) is 17.1 Å². The van der Waals surface area contributed by atoms with E-state index < -0.39 is 0 Å². The zero-order valence-electron chi connectivity index (χ0n) is 10.1. The number of rotatable bonds is 4. The summed E-state index contributed by atoms with van der Waals surface area (Å²) >= 11 is 0. The van der Waals surface area contributed by atoms with Crippen molar-refractivity contribution < 1.29 is 4.74 Å². The second-order valence-electron chi connectivity index (χ2n) is 3.80. The van der Waals surface area contributed by atoms with Crippen molar-refractivity contribution in [3.8, 4) is 17.1 Å². The van der Waals surface area contributed by atoms with Gasteiger partial charge in [-0.05, 0) is 24.6 Å². The lowest BCUT2D eigenvalue weighted by atomic mass is 10.1. The monoisotopic (exact) mass is 232 g/mol. The molecule has 0 amide bonds. The van der Waals surface area contributed by atoms with E-state index in [1.165, 1.54) is 0 Å². The number of anilines is 1. The first-order valence-corrected chi connectivity index (χ1v) is 5.58. The fourth-order valence-electron chi connectivity index (χ4n) is 1.73. The molecule has 0 bridgehead atoms. The zero-order valence-corrected chi connectivity index (χ0v) is 10.1. The average molecular weight is 232 g/mol. The summed E-state index contributed by atoms with van der Waals surface area (Å²) in [6.07, 6.45) is 2.78. The highest BCUT2D eigenvalue weighted by atomic mass is 16.5. The van der Waals surface area contributed by atoms with Crippen molar-refractivity contribution in [1.29, 1.82) is 0 Å². The molecule has 90 valence electrons. The predicted octanol–water partition coefficient (Wildman–Crippen LogP) is 1.95. The van der Waals surface area contributed by atoms with Gasteiger partial charge in [-0.15, -0.1) is 10.2 Å². The van der Waals surface area contributed by atoms with E-state index in [0.717, 1.165) is 24.4 Å². The molecule has 2 N–H and O–H groups in total. The van der Waals surface area contributed by atoms with Gasteiger partial charge < -0.3 is 15.0 Å². The first kappa shape index (κ1) is 11.4. The first-order valence-electron chi connectivity index (χ1n) is 5.58. The molecule has 0 spiro atoms. The molecule has 0 aliphatic rings. The topological polar surface area (TPSA) is 66.0 Å². The Morgan fingerprint density at radius 2 is 2.24 bits per heavy atom. The lowest BCUT2D eigenvalue weighted by Crippen LogP contribution is -1.99. The Bertz CT molecular complexity index is 507. The highest BCUT2D eigenvalue weighted by Crippen LogP contribution is 2.27.